The molecule has 15 heavy (non-hydrogen) atoms. The first kappa shape index (κ1) is 9.92. The van der Waals surface area contributed by atoms with E-state index in [1.54, 1.807) is 19.9 Å². The molecule has 5 nitrogen and oxygen atoms in total. The van der Waals surface area contributed by atoms with E-state index in [4.69, 9.17) is 15.2 Å². The Hall–Kier alpha value is -1.62. The molecule has 1 aromatic heterocycles. The smallest absolute Gasteiger partial charge is 0.271 e. The fourth-order valence-electron chi connectivity index (χ4n) is 1.42. The Morgan fingerprint density at radius 2 is 2.33 bits per heavy atom. The lowest BCUT2D eigenvalue weighted by Gasteiger charge is -2.32. The van der Waals surface area contributed by atoms with Crippen LogP contribution in [0.2, 0.25) is 0 Å². The maximum atomic E-state index is 11.1. The molecular weight excluding hydrogens is 196 g/mol. The zero-order valence-electron chi connectivity index (χ0n) is 8.61. The summed E-state index contributed by atoms with van der Waals surface area (Å²) in [6, 6.07) is 1.75. The molecule has 0 spiro atoms. The number of carbonyl (C=O) groups excluding carboxylic acids is 1. The minimum absolute atomic E-state index is 0.156. The number of rotatable bonds is 1. The lowest BCUT2D eigenvalue weighted by atomic mass is 10.1. The van der Waals surface area contributed by atoms with Gasteiger partial charge in [-0.25, -0.2) is 4.98 Å². The van der Waals surface area contributed by atoms with E-state index in [2.05, 4.69) is 4.98 Å². The fourth-order valence-corrected chi connectivity index (χ4v) is 1.42. The van der Waals surface area contributed by atoms with Crippen molar-refractivity contribution >= 4 is 5.91 Å². The van der Waals surface area contributed by atoms with Crippen LogP contribution in [0.4, 0.5) is 0 Å². The molecule has 0 saturated carbocycles. The Morgan fingerprint density at radius 3 is 3.00 bits per heavy atom. The highest BCUT2D eigenvalue weighted by Crippen LogP contribution is 2.32. The molecule has 1 aromatic rings. The van der Waals surface area contributed by atoms with Crippen LogP contribution in [0, 0.1) is 0 Å². The molecular formula is C10H12N2O3. The van der Waals surface area contributed by atoms with Crippen LogP contribution in [0.15, 0.2) is 12.3 Å². The molecule has 0 aliphatic carbocycles. The summed E-state index contributed by atoms with van der Waals surface area (Å²) in [5.41, 5.74) is 6.15. The number of amides is 1. The van der Waals surface area contributed by atoms with Crippen LogP contribution in [0.3, 0.4) is 0 Å². The standard InChI is InChI=1S/C10H12N2O3/c1-10(2)14-5-6-3-4-12-7(9(11)13)8(6)15-10/h3-4H,5H2,1-2H3,(H2,11,13). The zero-order chi connectivity index (χ0) is 11.1. The van der Waals surface area contributed by atoms with Gasteiger partial charge in [0.15, 0.2) is 11.4 Å². The molecule has 2 N–H and O–H groups in total. The number of pyridine rings is 1. The van der Waals surface area contributed by atoms with Crippen molar-refractivity contribution in [2.75, 3.05) is 0 Å². The Kier molecular flexibility index (Phi) is 2.12. The molecule has 1 aliphatic heterocycles. The summed E-state index contributed by atoms with van der Waals surface area (Å²) < 4.78 is 11.0. The molecule has 0 saturated heterocycles. The summed E-state index contributed by atoms with van der Waals surface area (Å²) in [5.74, 6) is -0.911. The van der Waals surface area contributed by atoms with Crippen molar-refractivity contribution in [2.45, 2.75) is 26.2 Å². The molecule has 5 heteroatoms. The second-order valence-corrected chi connectivity index (χ2v) is 3.80. The molecule has 80 valence electrons. The van der Waals surface area contributed by atoms with E-state index in [-0.39, 0.29) is 5.69 Å². The molecule has 1 aliphatic rings. The molecule has 2 heterocycles. The van der Waals surface area contributed by atoms with Gasteiger partial charge >= 0.3 is 0 Å². The van der Waals surface area contributed by atoms with E-state index >= 15 is 0 Å². The van der Waals surface area contributed by atoms with Crippen LogP contribution in [0.1, 0.15) is 29.9 Å². The number of fused-ring (bicyclic) bond motifs is 1. The molecule has 1 amide bonds. The van der Waals surface area contributed by atoms with Crippen LogP contribution in [0.5, 0.6) is 5.75 Å². The van der Waals surface area contributed by atoms with Gasteiger partial charge in [-0.15, -0.1) is 0 Å². The summed E-state index contributed by atoms with van der Waals surface area (Å²) in [4.78, 5) is 15.0. The van der Waals surface area contributed by atoms with Gasteiger partial charge in [-0.05, 0) is 6.07 Å². The molecule has 0 atom stereocenters. The van der Waals surface area contributed by atoms with Crippen molar-refractivity contribution in [3.8, 4) is 5.75 Å². The predicted molar refractivity (Wildman–Crippen MR) is 52.3 cm³/mol. The van der Waals surface area contributed by atoms with Crippen LogP contribution < -0.4 is 10.5 Å². The van der Waals surface area contributed by atoms with Crippen molar-refractivity contribution < 1.29 is 14.3 Å². The van der Waals surface area contributed by atoms with Gasteiger partial charge in [0.2, 0.25) is 5.79 Å². The van der Waals surface area contributed by atoms with Crippen LogP contribution in [0.25, 0.3) is 0 Å². The highest BCUT2D eigenvalue weighted by atomic mass is 16.7. The Morgan fingerprint density at radius 1 is 1.60 bits per heavy atom. The first-order valence-corrected chi connectivity index (χ1v) is 4.60. The summed E-state index contributed by atoms with van der Waals surface area (Å²) in [6.07, 6.45) is 1.52. The van der Waals surface area contributed by atoms with E-state index in [1.165, 1.54) is 6.20 Å². The average molecular weight is 208 g/mol. The number of primary amides is 1. The van der Waals surface area contributed by atoms with E-state index in [9.17, 15) is 4.79 Å². The summed E-state index contributed by atoms with van der Waals surface area (Å²) in [5, 5.41) is 0. The van der Waals surface area contributed by atoms with E-state index in [0.717, 1.165) is 5.56 Å². The first-order valence-electron chi connectivity index (χ1n) is 4.60. The van der Waals surface area contributed by atoms with Crippen molar-refractivity contribution in [3.63, 3.8) is 0 Å². The minimum atomic E-state index is -0.750. The fraction of sp³-hybridized carbons (Fsp3) is 0.400. The Balaban J connectivity index is 2.50. The number of hydrogen-bond acceptors (Lipinski definition) is 4. The largest absolute Gasteiger partial charge is 0.460 e. The lowest BCUT2D eigenvalue weighted by Crippen LogP contribution is -2.36. The van der Waals surface area contributed by atoms with Gasteiger partial charge in [-0.2, -0.15) is 0 Å². The van der Waals surface area contributed by atoms with Gasteiger partial charge in [0.1, 0.15) is 0 Å². The predicted octanol–water partition coefficient (Wildman–Crippen LogP) is 0.826. The topological polar surface area (TPSA) is 74.4 Å². The summed E-state index contributed by atoms with van der Waals surface area (Å²) in [7, 11) is 0. The average Bonchev–Trinajstić information content (AvgIpc) is 2.15. The minimum Gasteiger partial charge on any atom is -0.460 e. The van der Waals surface area contributed by atoms with Gasteiger partial charge in [-0.1, -0.05) is 0 Å². The second-order valence-electron chi connectivity index (χ2n) is 3.80. The van der Waals surface area contributed by atoms with E-state index in [0.29, 0.717) is 12.4 Å². The normalized spacial score (nSPS) is 17.7. The quantitative estimate of drug-likeness (QED) is 0.741. The van der Waals surface area contributed by atoms with Crippen molar-refractivity contribution in [1.82, 2.24) is 4.98 Å². The third-order valence-electron chi connectivity index (χ3n) is 2.14. The Bertz CT molecular complexity index is 415. The number of nitrogens with two attached hydrogens (primary N) is 1. The van der Waals surface area contributed by atoms with Gasteiger partial charge < -0.3 is 15.2 Å². The maximum Gasteiger partial charge on any atom is 0.271 e. The van der Waals surface area contributed by atoms with Crippen LogP contribution in [-0.4, -0.2) is 16.7 Å². The number of aromatic nitrogens is 1. The zero-order valence-corrected chi connectivity index (χ0v) is 8.61. The third kappa shape index (κ3) is 1.78. The van der Waals surface area contributed by atoms with Crippen LogP contribution >= 0.6 is 0 Å². The van der Waals surface area contributed by atoms with Gasteiger partial charge in [0.05, 0.1) is 6.61 Å². The van der Waals surface area contributed by atoms with Gasteiger partial charge in [0.25, 0.3) is 5.91 Å². The number of carbonyl (C=O) groups is 1. The van der Waals surface area contributed by atoms with Crippen LogP contribution in [-0.2, 0) is 11.3 Å². The van der Waals surface area contributed by atoms with Gasteiger partial charge in [-0.3, -0.25) is 4.79 Å². The van der Waals surface area contributed by atoms with Crippen molar-refractivity contribution in [2.24, 2.45) is 5.73 Å². The molecule has 0 unspecified atom stereocenters. The Labute approximate surface area is 87.2 Å². The molecule has 0 aromatic carbocycles. The number of hydrogen-bond donors (Lipinski definition) is 1. The molecule has 0 radical (unpaired) electrons. The molecule has 2 rings (SSSR count). The van der Waals surface area contributed by atoms with E-state index in [1.807, 2.05) is 0 Å². The highest BCUT2D eigenvalue weighted by molar-refractivity contribution is 5.94. The molecule has 0 fully saturated rings. The monoisotopic (exact) mass is 208 g/mol. The van der Waals surface area contributed by atoms with Crippen molar-refractivity contribution in [1.29, 1.82) is 0 Å². The molecule has 0 bridgehead atoms. The highest BCUT2D eigenvalue weighted by Gasteiger charge is 2.30. The SMILES string of the molecule is CC1(C)OCc2ccnc(C(N)=O)c2O1. The van der Waals surface area contributed by atoms with E-state index < -0.39 is 11.7 Å². The number of ether oxygens (including phenoxy) is 2. The summed E-state index contributed by atoms with van der Waals surface area (Å²) >= 11 is 0. The second kappa shape index (κ2) is 3.20. The van der Waals surface area contributed by atoms with Crippen molar-refractivity contribution in [3.05, 3.63) is 23.5 Å². The third-order valence-corrected chi connectivity index (χ3v) is 2.14. The maximum absolute atomic E-state index is 11.1. The lowest BCUT2D eigenvalue weighted by molar-refractivity contribution is -0.180. The van der Waals surface area contributed by atoms with Gasteiger partial charge in [0, 0.05) is 25.6 Å². The first-order chi connectivity index (χ1) is 6.99. The summed E-state index contributed by atoms with van der Waals surface area (Å²) in [6.45, 7) is 3.94. The number of nitrogens with zero attached hydrogens (tertiary/aromatic N) is 1.